The molecule has 0 aromatic heterocycles. The number of likely N-dealkylation sites (tertiary alicyclic amines) is 1. The molecule has 7 heteroatoms. The van der Waals surface area contributed by atoms with E-state index in [1.807, 2.05) is 32.1 Å². The van der Waals surface area contributed by atoms with Gasteiger partial charge in [0, 0.05) is 37.5 Å². The van der Waals surface area contributed by atoms with Gasteiger partial charge in [-0.2, -0.15) is 0 Å². The van der Waals surface area contributed by atoms with E-state index < -0.39 is 6.10 Å². The molecule has 7 nitrogen and oxygen atoms in total. The molecule has 1 fully saturated rings. The lowest BCUT2D eigenvalue weighted by atomic mass is 9.83. The molecule has 0 bridgehead atoms. The molecule has 5 unspecified atom stereocenters. The first kappa shape index (κ1) is 26.2. The van der Waals surface area contributed by atoms with Crippen molar-refractivity contribution in [3.05, 3.63) is 58.4 Å². The van der Waals surface area contributed by atoms with Crippen LogP contribution >= 0.6 is 0 Å². The number of fused-ring (bicyclic) bond motifs is 1. The number of amides is 1. The normalized spacial score (nSPS) is 28.2. The SMILES string of the molecule is COC1=C/C(=C\C2=C(C)C(C(C)C(=O)NC3CCN(C)C3)c3cc(OC)ccc32)C(C)C(OC)C1=O. The van der Waals surface area contributed by atoms with Gasteiger partial charge in [0.1, 0.15) is 11.9 Å². The Balaban J connectivity index is 1.74. The Morgan fingerprint density at radius 3 is 2.58 bits per heavy atom. The summed E-state index contributed by atoms with van der Waals surface area (Å²) in [6, 6.07) is 6.25. The molecule has 1 amide bonds. The first-order chi connectivity index (χ1) is 17.2. The Bertz CT molecular complexity index is 1130. The molecule has 36 heavy (non-hydrogen) atoms. The number of benzene rings is 1. The van der Waals surface area contributed by atoms with Gasteiger partial charge >= 0.3 is 0 Å². The molecule has 4 rings (SSSR count). The highest BCUT2D eigenvalue weighted by Gasteiger charge is 2.38. The van der Waals surface area contributed by atoms with Crippen molar-refractivity contribution >= 4 is 17.3 Å². The molecule has 0 saturated carbocycles. The average Bonchev–Trinajstić information content (AvgIpc) is 3.39. The Kier molecular flexibility index (Phi) is 7.71. The van der Waals surface area contributed by atoms with Gasteiger partial charge in [-0.25, -0.2) is 0 Å². The third-order valence-electron chi connectivity index (χ3n) is 7.99. The summed E-state index contributed by atoms with van der Waals surface area (Å²) in [7, 11) is 6.79. The third-order valence-corrected chi connectivity index (χ3v) is 7.99. The summed E-state index contributed by atoms with van der Waals surface area (Å²) >= 11 is 0. The van der Waals surface area contributed by atoms with E-state index in [0.29, 0.717) is 5.76 Å². The zero-order valence-electron chi connectivity index (χ0n) is 22.4. The molecule has 194 valence electrons. The smallest absolute Gasteiger partial charge is 0.226 e. The number of carbonyl (C=O) groups excluding carboxylic acids is 2. The number of carbonyl (C=O) groups is 2. The molecular formula is C29H38N2O5. The fourth-order valence-electron chi connectivity index (χ4n) is 5.86. The van der Waals surface area contributed by atoms with E-state index in [0.717, 1.165) is 53.1 Å². The summed E-state index contributed by atoms with van der Waals surface area (Å²) in [5.74, 6) is 0.520. The van der Waals surface area contributed by atoms with E-state index in [2.05, 4.69) is 36.3 Å². The Morgan fingerprint density at radius 2 is 1.97 bits per heavy atom. The van der Waals surface area contributed by atoms with Gasteiger partial charge in [-0.05, 0) is 67.4 Å². The monoisotopic (exact) mass is 494 g/mol. The van der Waals surface area contributed by atoms with E-state index in [1.54, 1.807) is 14.2 Å². The van der Waals surface area contributed by atoms with Crippen LogP contribution in [0, 0.1) is 11.8 Å². The maximum atomic E-state index is 13.4. The van der Waals surface area contributed by atoms with Gasteiger partial charge in [0.15, 0.2) is 5.76 Å². The van der Waals surface area contributed by atoms with E-state index in [-0.39, 0.29) is 35.5 Å². The third kappa shape index (κ3) is 4.74. The molecule has 1 aliphatic heterocycles. The lowest BCUT2D eigenvalue weighted by molar-refractivity contribution is -0.130. The van der Waals surface area contributed by atoms with Crippen LogP contribution in [0.2, 0.25) is 0 Å². The van der Waals surface area contributed by atoms with E-state index in [4.69, 9.17) is 14.2 Å². The summed E-state index contributed by atoms with van der Waals surface area (Å²) in [5, 5.41) is 3.27. The number of hydrogen-bond acceptors (Lipinski definition) is 6. The van der Waals surface area contributed by atoms with Crippen LogP contribution in [0.4, 0.5) is 0 Å². The predicted molar refractivity (Wildman–Crippen MR) is 140 cm³/mol. The van der Waals surface area contributed by atoms with Gasteiger partial charge in [0.2, 0.25) is 11.7 Å². The van der Waals surface area contributed by atoms with Crippen LogP contribution in [0.1, 0.15) is 44.2 Å². The molecule has 3 aliphatic rings. The standard InChI is InChI=1S/C29H38N2O5/c1-16-19(13-25(35-6)27(32)28(16)36-7)12-23-17(2)26(24-14-21(34-5)8-9-22(23)24)18(3)29(33)30-20-10-11-31(4)15-20/h8-9,12-14,16,18,20,26,28H,10-11,15H2,1-7H3,(H,30,33)/b19-12+. The number of hydrogen-bond donors (Lipinski definition) is 1. The van der Waals surface area contributed by atoms with Crippen LogP contribution in [0.5, 0.6) is 5.75 Å². The van der Waals surface area contributed by atoms with E-state index in [1.165, 1.54) is 7.11 Å². The topological polar surface area (TPSA) is 77.1 Å². The number of ether oxygens (including phenoxy) is 3. The van der Waals surface area contributed by atoms with Gasteiger partial charge in [0.25, 0.3) is 0 Å². The number of nitrogens with one attached hydrogen (secondary N) is 1. The van der Waals surface area contributed by atoms with Gasteiger partial charge in [-0.3, -0.25) is 9.59 Å². The van der Waals surface area contributed by atoms with Crippen LogP contribution in [0.3, 0.4) is 0 Å². The van der Waals surface area contributed by atoms with Gasteiger partial charge in [0.05, 0.1) is 14.2 Å². The van der Waals surface area contributed by atoms with Crippen LogP contribution in [0.15, 0.2) is 47.3 Å². The fraction of sp³-hybridized carbons (Fsp3) is 0.517. The molecule has 5 atom stereocenters. The van der Waals surface area contributed by atoms with Crippen LogP contribution in [-0.4, -0.2) is 70.2 Å². The second-order valence-corrected chi connectivity index (χ2v) is 10.2. The van der Waals surface area contributed by atoms with Crippen LogP contribution < -0.4 is 10.1 Å². The number of nitrogens with zero attached hydrogens (tertiary/aromatic N) is 1. The quantitative estimate of drug-likeness (QED) is 0.623. The summed E-state index contributed by atoms with van der Waals surface area (Å²) in [4.78, 5) is 28.3. The predicted octanol–water partition coefficient (Wildman–Crippen LogP) is 3.71. The molecule has 1 N–H and O–H groups in total. The molecule has 2 aliphatic carbocycles. The Labute approximate surface area is 214 Å². The van der Waals surface area contributed by atoms with Crippen molar-refractivity contribution in [3.8, 4) is 5.75 Å². The lowest BCUT2D eigenvalue weighted by Gasteiger charge is -2.28. The van der Waals surface area contributed by atoms with Crippen molar-refractivity contribution in [2.75, 3.05) is 41.5 Å². The minimum Gasteiger partial charge on any atom is -0.497 e. The molecule has 0 radical (unpaired) electrons. The van der Waals surface area contributed by atoms with Crippen LogP contribution in [0.25, 0.3) is 5.57 Å². The largest absolute Gasteiger partial charge is 0.497 e. The summed E-state index contributed by atoms with van der Waals surface area (Å²) in [5.41, 5.74) is 5.32. The van der Waals surface area contributed by atoms with Crippen molar-refractivity contribution in [3.63, 3.8) is 0 Å². The molecule has 1 aromatic carbocycles. The molecular weight excluding hydrogens is 456 g/mol. The number of likely N-dealkylation sites (N-methyl/N-ethyl adjacent to an activating group) is 1. The first-order valence-electron chi connectivity index (χ1n) is 12.6. The average molecular weight is 495 g/mol. The minimum atomic E-state index is -0.598. The zero-order chi connectivity index (χ0) is 26.1. The zero-order valence-corrected chi connectivity index (χ0v) is 22.4. The van der Waals surface area contributed by atoms with Crippen molar-refractivity contribution in [1.82, 2.24) is 10.2 Å². The maximum absolute atomic E-state index is 13.4. The maximum Gasteiger partial charge on any atom is 0.226 e. The van der Waals surface area contributed by atoms with E-state index in [9.17, 15) is 9.59 Å². The Hall–Kier alpha value is -2.90. The second-order valence-electron chi connectivity index (χ2n) is 10.2. The molecule has 1 saturated heterocycles. The second kappa shape index (κ2) is 10.6. The molecule has 1 aromatic rings. The van der Waals surface area contributed by atoms with Crippen molar-refractivity contribution in [2.24, 2.45) is 11.8 Å². The summed E-state index contributed by atoms with van der Waals surface area (Å²) in [6.45, 7) is 7.98. The van der Waals surface area contributed by atoms with Crippen LogP contribution in [-0.2, 0) is 19.1 Å². The highest BCUT2D eigenvalue weighted by molar-refractivity contribution is 6.00. The number of methoxy groups -OCH3 is 3. The number of rotatable bonds is 7. The number of ketones is 1. The Morgan fingerprint density at radius 1 is 1.22 bits per heavy atom. The summed E-state index contributed by atoms with van der Waals surface area (Å²) in [6.07, 6.45) is 4.31. The van der Waals surface area contributed by atoms with Crippen molar-refractivity contribution in [1.29, 1.82) is 0 Å². The number of allylic oxidation sites excluding steroid dienone is 4. The van der Waals surface area contributed by atoms with Gasteiger partial charge < -0.3 is 24.4 Å². The molecule has 0 spiro atoms. The highest BCUT2D eigenvalue weighted by Crippen LogP contribution is 2.48. The highest BCUT2D eigenvalue weighted by atomic mass is 16.5. The van der Waals surface area contributed by atoms with Gasteiger partial charge in [-0.1, -0.05) is 31.6 Å². The van der Waals surface area contributed by atoms with E-state index >= 15 is 0 Å². The lowest BCUT2D eigenvalue weighted by Crippen LogP contribution is -2.41. The van der Waals surface area contributed by atoms with Crippen molar-refractivity contribution < 1.29 is 23.8 Å². The number of Topliss-reactive ketones (excluding diaryl/α,β-unsaturated/α-hetero) is 1. The first-order valence-corrected chi connectivity index (χ1v) is 12.6. The molecule has 1 heterocycles. The van der Waals surface area contributed by atoms with Crippen molar-refractivity contribution in [2.45, 2.75) is 45.3 Å². The summed E-state index contributed by atoms with van der Waals surface area (Å²) < 4.78 is 16.4. The van der Waals surface area contributed by atoms with Gasteiger partial charge in [-0.15, -0.1) is 0 Å². The minimum absolute atomic E-state index is 0.0694. The fourth-order valence-corrected chi connectivity index (χ4v) is 5.86.